The molecule has 0 amide bonds. The molecule has 0 saturated carbocycles. The van der Waals surface area contributed by atoms with Crippen molar-refractivity contribution in [3.8, 4) is 11.1 Å². The Morgan fingerprint density at radius 1 is 0.905 bits per heavy atom. The van der Waals surface area contributed by atoms with E-state index in [1.807, 2.05) is 0 Å². The number of fused-ring (bicyclic) bond motifs is 3. The Morgan fingerprint density at radius 2 is 1.71 bits per heavy atom. The molecule has 0 atom stereocenters. The fourth-order valence-corrected chi connectivity index (χ4v) is 3.26. The number of nitrogens with one attached hydrogen (secondary N) is 1. The van der Waals surface area contributed by atoms with Crippen molar-refractivity contribution in [1.82, 2.24) is 9.88 Å². The number of nitrogens with zero attached hydrogens (tertiary/aromatic N) is 1. The van der Waals surface area contributed by atoms with Gasteiger partial charge in [0.2, 0.25) is 0 Å². The molecule has 1 aliphatic heterocycles. The first-order valence-electron chi connectivity index (χ1n) is 7.71. The summed E-state index contributed by atoms with van der Waals surface area (Å²) in [5.41, 5.74) is 6.73. The average Bonchev–Trinajstić information content (AvgIpc) is 2.68. The first-order valence-corrected chi connectivity index (χ1v) is 7.71. The lowest BCUT2D eigenvalue weighted by Gasteiger charge is -2.07. The number of benzene rings is 2. The molecule has 1 aromatic heterocycles. The van der Waals surface area contributed by atoms with E-state index in [1.54, 1.807) is 0 Å². The summed E-state index contributed by atoms with van der Waals surface area (Å²) in [6.07, 6.45) is 1.12. The standard InChI is InChI=1S/C19H20N2/c1-14-2-4-15(5-3-14)16-6-7-19-17(12-16)13-18-8-9-20-10-11-21(18)19/h2-7,12-13,20H,8-11H2,1H3. The van der Waals surface area contributed by atoms with E-state index in [0.717, 1.165) is 26.1 Å². The van der Waals surface area contributed by atoms with Crippen molar-refractivity contribution in [3.05, 3.63) is 59.8 Å². The van der Waals surface area contributed by atoms with E-state index in [1.165, 1.54) is 33.3 Å². The summed E-state index contributed by atoms with van der Waals surface area (Å²) in [6, 6.07) is 18.0. The highest BCUT2D eigenvalue weighted by Gasteiger charge is 2.12. The largest absolute Gasteiger partial charge is 0.343 e. The van der Waals surface area contributed by atoms with Crippen LogP contribution in [0.4, 0.5) is 0 Å². The number of rotatable bonds is 1. The predicted octanol–water partition coefficient (Wildman–Crippen LogP) is 3.76. The highest BCUT2D eigenvalue weighted by Crippen LogP contribution is 2.27. The van der Waals surface area contributed by atoms with E-state index in [-0.39, 0.29) is 0 Å². The molecule has 0 aliphatic carbocycles. The fraction of sp³-hybridized carbons (Fsp3) is 0.263. The Kier molecular flexibility index (Phi) is 3.04. The molecule has 21 heavy (non-hydrogen) atoms. The summed E-state index contributed by atoms with van der Waals surface area (Å²) in [5, 5.41) is 4.83. The van der Waals surface area contributed by atoms with Gasteiger partial charge in [-0.3, -0.25) is 0 Å². The molecule has 2 heteroatoms. The van der Waals surface area contributed by atoms with Crippen LogP contribution < -0.4 is 5.32 Å². The summed E-state index contributed by atoms with van der Waals surface area (Å²) in [5.74, 6) is 0. The zero-order valence-corrected chi connectivity index (χ0v) is 12.4. The van der Waals surface area contributed by atoms with Crippen LogP contribution in [0, 0.1) is 6.92 Å². The smallest absolute Gasteiger partial charge is 0.0483 e. The average molecular weight is 276 g/mol. The number of hydrogen-bond acceptors (Lipinski definition) is 1. The molecule has 0 fully saturated rings. The maximum atomic E-state index is 3.47. The summed E-state index contributed by atoms with van der Waals surface area (Å²) in [6.45, 7) is 5.35. The van der Waals surface area contributed by atoms with Crippen LogP contribution in [0.3, 0.4) is 0 Å². The molecule has 0 bridgehead atoms. The quantitative estimate of drug-likeness (QED) is 0.716. The lowest BCUT2D eigenvalue weighted by atomic mass is 10.0. The second kappa shape index (κ2) is 5.05. The maximum Gasteiger partial charge on any atom is 0.0483 e. The minimum absolute atomic E-state index is 1.07. The van der Waals surface area contributed by atoms with Crippen molar-refractivity contribution >= 4 is 10.9 Å². The molecule has 0 spiro atoms. The van der Waals surface area contributed by atoms with Gasteiger partial charge in [0, 0.05) is 42.7 Å². The van der Waals surface area contributed by atoms with E-state index in [9.17, 15) is 0 Å². The van der Waals surface area contributed by atoms with Crippen LogP contribution in [0.2, 0.25) is 0 Å². The Balaban J connectivity index is 1.82. The molecule has 106 valence electrons. The monoisotopic (exact) mass is 276 g/mol. The zero-order chi connectivity index (χ0) is 14.2. The summed E-state index contributed by atoms with van der Waals surface area (Å²) >= 11 is 0. The predicted molar refractivity (Wildman–Crippen MR) is 88.7 cm³/mol. The maximum absolute atomic E-state index is 3.47. The third-order valence-electron chi connectivity index (χ3n) is 4.44. The molecule has 1 N–H and O–H groups in total. The first-order chi connectivity index (χ1) is 10.3. The molecule has 0 radical (unpaired) electrons. The lowest BCUT2D eigenvalue weighted by molar-refractivity contribution is 0.658. The minimum atomic E-state index is 1.07. The van der Waals surface area contributed by atoms with Crippen molar-refractivity contribution in [2.24, 2.45) is 0 Å². The lowest BCUT2D eigenvalue weighted by Crippen LogP contribution is -2.17. The van der Waals surface area contributed by atoms with Gasteiger partial charge in [-0.05, 0) is 36.2 Å². The van der Waals surface area contributed by atoms with Crippen molar-refractivity contribution in [2.75, 3.05) is 13.1 Å². The Bertz CT molecular complexity index is 781. The van der Waals surface area contributed by atoms with Gasteiger partial charge in [0.05, 0.1) is 0 Å². The van der Waals surface area contributed by atoms with Gasteiger partial charge in [0.1, 0.15) is 0 Å². The van der Waals surface area contributed by atoms with E-state index in [4.69, 9.17) is 0 Å². The summed E-state index contributed by atoms with van der Waals surface area (Å²) in [7, 11) is 0. The van der Waals surface area contributed by atoms with Gasteiger partial charge in [-0.25, -0.2) is 0 Å². The van der Waals surface area contributed by atoms with Crippen molar-refractivity contribution in [1.29, 1.82) is 0 Å². The van der Waals surface area contributed by atoms with Crippen LogP contribution in [0.15, 0.2) is 48.5 Å². The molecule has 0 unspecified atom stereocenters. The van der Waals surface area contributed by atoms with Gasteiger partial charge in [-0.15, -0.1) is 0 Å². The van der Waals surface area contributed by atoms with Gasteiger partial charge in [-0.2, -0.15) is 0 Å². The van der Waals surface area contributed by atoms with Gasteiger partial charge >= 0.3 is 0 Å². The topological polar surface area (TPSA) is 17.0 Å². The number of aryl methyl sites for hydroxylation is 1. The van der Waals surface area contributed by atoms with Gasteiger partial charge in [0.25, 0.3) is 0 Å². The summed E-state index contributed by atoms with van der Waals surface area (Å²) < 4.78 is 2.47. The molecule has 2 heterocycles. The second-order valence-corrected chi connectivity index (χ2v) is 5.93. The Hall–Kier alpha value is -2.06. The minimum Gasteiger partial charge on any atom is -0.343 e. The summed E-state index contributed by atoms with van der Waals surface area (Å²) in [4.78, 5) is 0. The highest BCUT2D eigenvalue weighted by molar-refractivity contribution is 5.86. The normalized spacial score (nSPS) is 14.9. The second-order valence-electron chi connectivity index (χ2n) is 5.93. The van der Waals surface area contributed by atoms with Gasteiger partial charge in [-0.1, -0.05) is 35.9 Å². The number of hydrogen-bond donors (Lipinski definition) is 1. The molecule has 3 aromatic rings. The Labute approximate surface area is 125 Å². The molecule has 4 rings (SSSR count). The van der Waals surface area contributed by atoms with Crippen LogP contribution in [0.5, 0.6) is 0 Å². The molecular formula is C19H20N2. The molecule has 2 nitrogen and oxygen atoms in total. The van der Waals surface area contributed by atoms with Gasteiger partial charge in [0.15, 0.2) is 0 Å². The zero-order valence-electron chi connectivity index (χ0n) is 12.4. The van der Waals surface area contributed by atoms with E-state index in [2.05, 4.69) is 65.3 Å². The van der Waals surface area contributed by atoms with Crippen molar-refractivity contribution < 1.29 is 0 Å². The third kappa shape index (κ3) is 2.26. The van der Waals surface area contributed by atoms with E-state index in [0.29, 0.717) is 0 Å². The van der Waals surface area contributed by atoms with Crippen molar-refractivity contribution in [2.45, 2.75) is 19.9 Å². The Morgan fingerprint density at radius 3 is 2.57 bits per heavy atom. The van der Waals surface area contributed by atoms with Crippen LogP contribution in [-0.4, -0.2) is 17.7 Å². The fourth-order valence-electron chi connectivity index (χ4n) is 3.26. The molecular weight excluding hydrogens is 256 g/mol. The van der Waals surface area contributed by atoms with Crippen LogP contribution in [-0.2, 0) is 13.0 Å². The van der Waals surface area contributed by atoms with Crippen molar-refractivity contribution in [3.63, 3.8) is 0 Å². The first kappa shape index (κ1) is 12.7. The third-order valence-corrected chi connectivity index (χ3v) is 4.44. The van der Waals surface area contributed by atoms with Gasteiger partial charge < -0.3 is 9.88 Å². The molecule has 1 aliphatic rings. The highest BCUT2D eigenvalue weighted by atomic mass is 15.0. The van der Waals surface area contributed by atoms with Crippen LogP contribution in [0.1, 0.15) is 11.3 Å². The van der Waals surface area contributed by atoms with E-state index < -0.39 is 0 Å². The number of aromatic nitrogens is 1. The van der Waals surface area contributed by atoms with Crippen LogP contribution in [0.25, 0.3) is 22.0 Å². The molecule has 0 saturated heterocycles. The van der Waals surface area contributed by atoms with E-state index >= 15 is 0 Å². The van der Waals surface area contributed by atoms with Crippen LogP contribution >= 0.6 is 0 Å². The SMILES string of the molecule is Cc1ccc(-c2ccc3c(c2)cc2n3CCNCC2)cc1. The molecule has 2 aromatic carbocycles.